The topological polar surface area (TPSA) is 73.8 Å². The molecule has 1 unspecified atom stereocenters. The summed E-state index contributed by atoms with van der Waals surface area (Å²) in [5, 5.41) is 6.34. The average molecular weight is 403 g/mol. The Morgan fingerprint density at radius 3 is 2.52 bits per heavy atom. The lowest BCUT2D eigenvalue weighted by atomic mass is 9.98. The van der Waals surface area contributed by atoms with Gasteiger partial charge in [0.15, 0.2) is 17.6 Å². The molecular formula is C18H28F2N4O2S. The van der Waals surface area contributed by atoms with Crippen molar-refractivity contribution in [2.24, 2.45) is 10.9 Å². The molecule has 1 atom stereocenters. The highest BCUT2D eigenvalue weighted by Crippen LogP contribution is 2.20. The number of benzene rings is 1. The Morgan fingerprint density at radius 2 is 1.96 bits per heavy atom. The monoisotopic (exact) mass is 402 g/mol. The van der Waals surface area contributed by atoms with Crippen LogP contribution in [-0.4, -0.2) is 51.1 Å². The van der Waals surface area contributed by atoms with E-state index >= 15 is 0 Å². The van der Waals surface area contributed by atoms with Gasteiger partial charge in [-0.1, -0.05) is 6.07 Å². The van der Waals surface area contributed by atoms with Crippen molar-refractivity contribution in [2.45, 2.75) is 32.7 Å². The van der Waals surface area contributed by atoms with Crippen LogP contribution in [0.4, 0.5) is 8.78 Å². The van der Waals surface area contributed by atoms with Crippen molar-refractivity contribution in [3.63, 3.8) is 0 Å². The predicted octanol–water partition coefficient (Wildman–Crippen LogP) is 2.25. The third-order valence-electron chi connectivity index (χ3n) is 4.69. The van der Waals surface area contributed by atoms with Gasteiger partial charge in [-0.3, -0.25) is 4.99 Å². The van der Waals surface area contributed by atoms with Crippen LogP contribution in [0.15, 0.2) is 23.2 Å². The molecule has 1 aromatic carbocycles. The van der Waals surface area contributed by atoms with Gasteiger partial charge >= 0.3 is 0 Å². The molecule has 152 valence electrons. The van der Waals surface area contributed by atoms with Gasteiger partial charge in [-0.2, -0.15) is 0 Å². The largest absolute Gasteiger partial charge is 0.357 e. The molecule has 1 aliphatic rings. The fourth-order valence-electron chi connectivity index (χ4n) is 3.03. The Hall–Kier alpha value is -1.74. The maximum absolute atomic E-state index is 13.4. The van der Waals surface area contributed by atoms with Crippen molar-refractivity contribution in [3.8, 4) is 0 Å². The van der Waals surface area contributed by atoms with Gasteiger partial charge in [-0.15, -0.1) is 0 Å². The van der Waals surface area contributed by atoms with Crippen LogP contribution < -0.4 is 10.6 Å². The molecule has 0 bridgehead atoms. The SMILES string of the molecule is CCNC(=NCC1CCN(S(C)(=O)=O)CC1)NC(C)c1ccc(F)c(F)c1. The summed E-state index contributed by atoms with van der Waals surface area (Å²) in [6.45, 7) is 6.09. The lowest BCUT2D eigenvalue weighted by Gasteiger charge is -2.29. The van der Waals surface area contributed by atoms with E-state index in [2.05, 4.69) is 15.6 Å². The molecule has 6 nitrogen and oxygen atoms in total. The smallest absolute Gasteiger partial charge is 0.211 e. The number of aliphatic imine (C=N–C) groups is 1. The van der Waals surface area contributed by atoms with Crippen molar-refractivity contribution in [1.29, 1.82) is 0 Å². The number of guanidine groups is 1. The maximum Gasteiger partial charge on any atom is 0.211 e. The number of sulfonamides is 1. The molecule has 1 aromatic rings. The number of rotatable bonds is 6. The first-order valence-corrected chi connectivity index (χ1v) is 11.0. The van der Waals surface area contributed by atoms with Crippen LogP contribution in [0.3, 0.4) is 0 Å². The van der Waals surface area contributed by atoms with Crippen molar-refractivity contribution in [1.82, 2.24) is 14.9 Å². The van der Waals surface area contributed by atoms with Crippen LogP contribution in [0.2, 0.25) is 0 Å². The summed E-state index contributed by atoms with van der Waals surface area (Å²) in [4.78, 5) is 4.59. The molecule has 0 radical (unpaired) electrons. The van der Waals surface area contributed by atoms with Crippen LogP contribution in [0.25, 0.3) is 0 Å². The molecule has 2 N–H and O–H groups in total. The molecule has 1 aliphatic heterocycles. The van der Waals surface area contributed by atoms with E-state index in [1.54, 1.807) is 6.07 Å². The lowest BCUT2D eigenvalue weighted by molar-refractivity contribution is 0.280. The number of nitrogens with one attached hydrogen (secondary N) is 2. The van der Waals surface area contributed by atoms with Gasteiger partial charge in [0.1, 0.15) is 0 Å². The molecule has 27 heavy (non-hydrogen) atoms. The number of nitrogens with zero attached hydrogens (tertiary/aromatic N) is 2. The van der Waals surface area contributed by atoms with Crippen molar-refractivity contribution >= 4 is 16.0 Å². The van der Waals surface area contributed by atoms with E-state index in [1.165, 1.54) is 16.6 Å². The summed E-state index contributed by atoms with van der Waals surface area (Å²) in [6, 6.07) is 3.59. The van der Waals surface area contributed by atoms with Crippen LogP contribution in [0.1, 0.15) is 38.3 Å². The summed E-state index contributed by atoms with van der Waals surface area (Å²) >= 11 is 0. The van der Waals surface area contributed by atoms with Gasteiger partial charge in [0.25, 0.3) is 0 Å². The molecule has 0 spiro atoms. The van der Waals surface area contributed by atoms with Gasteiger partial charge < -0.3 is 10.6 Å². The summed E-state index contributed by atoms with van der Waals surface area (Å²) in [7, 11) is -3.13. The van der Waals surface area contributed by atoms with Gasteiger partial charge in [0.2, 0.25) is 10.0 Å². The highest BCUT2D eigenvalue weighted by Gasteiger charge is 2.24. The highest BCUT2D eigenvalue weighted by atomic mass is 32.2. The minimum atomic E-state index is -3.13. The molecule has 1 fully saturated rings. The molecule has 1 saturated heterocycles. The van der Waals surface area contributed by atoms with E-state index < -0.39 is 21.7 Å². The number of hydrogen-bond donors (Lipinski definition) is 2. The minimum Gasteiger partial charge on any atom is -0.357 e. The summed E-state index contributed by atoms with van der Waals surface area (Å²) < 4.78 is 51.2. The first-order valence-electron chi connectivity index (χ1n) is 9.15. The Kier molecular flexibility index (Phi) is 7.55. The molecule has 9 heteroatoms. The van der Waals surface area contributed by atoms with Gasteiger partial charge in [-0.05, 0) is 50.3 Å². The fraction of sp³-hybridized carbons (Fsp3) is 0.611. The van der Waals surface area contributed by atoms with E-state index in [9.17, 15) is 17.2 Å². The second-order valence-corrected chi connectivity index (χ2v) is 8.85. The van der Waals surface area contributed by atoms with Crippen molar-refractivity contribution in [2.75, 3.05) is 32.4 Å². The molecule has 0 aromatic heterocycles. The molecule has 2 rings (SSSR count). The third-order valence-corrected chi connectivity index (χ3v) is 5.99. The van der Waals surface area contributed by atoms with E-state index in [-0.39, 0.29) is 6.04 Å². The van der Waals surface area contributed by atoms with E-state index in [0.717, 1.165) is 18.9 Å². The molecule has 0 amide bonds. The Balaban J connectivity index is 1.95. The van der Waals surface area contributed by atoms with E-state index in [0.29, 0.717) is 43.6 Å². The van der Waals surface area contributed by atoms with Crippen LogP contribution >= 0.6 is 0 Å². The lowest BCUT2D eigenvalue weighted by Crippen LogP contribution is -2.40. The van der Waals surface area contributed by atoms with Gasteiger partial charge in [0, 0.05) is 26.2 Å². The normalized spacial score (nSPS) is 18.3. The first-order chi connectivity index (χ1) is 12.7. The molecule has 0 aliphatic carbocycles. The Labute approximate surface area is 160 Å². The summed E-state index contributed by atoms with van der Waals surface area (Å²) in [5.74, 6) is -0.829. The van der Waals surface area contributed by atoms with E-state index in [4.69, 9.17) is 0 Å². The second-order valence-electron chi connectivity index (χ2n) is 6.86. The van der Waals surface area contributed by atoms with Gasteiger partial charge in [-0.25, -0.2) is 21.5 Å². The third kappa shape index (κ3) is 6.42. The van der Waals surface area contributed by atoms with Gasteiger partial charge in [0.05, 0.1) is 12.3 Å². The average Bonchev–Trinajstić information content (AvgIpc) is 2.61. The first kappa shape index (κ1) is 21.6. The van der Waals surface area contributed by atoms with Crippen LogP contribution in [0, 0.1) is 17.6 Å². The predicted molar refractivity (Wildman–Crippen MR) is 103 cm³/mol. The van der Waals surface area contributed by atoms with Crippen molar-refractivity contribution < 1.29 is 17.2 Å². The summed E-state index contributed by atoms with van der Waals surface area (Å²) in [5.41, 5.74) is 0.626. The molecule has 1 heterocycles. The number of hydrogen-bond acceptors (Lipinski definition) is 3. The van der Waals surface area contributed by atoms with E-state index in [1.807, 2.05) is 13.8 Å². The molecular weight excluding hydrogens is 374 g/mol. The highest BCUT2D eigenvalue weighted by molar-refractivity contribution is 7.88. The standard InChI is InChI=1S/C18H28F2N4O2S/c1-4-21-18(23-13(2)15-5-6-16(19)17(20)11-15)22-12-14-7-9-24(10-8-14)27(3,25)26/h5-6,11,13-14H,4,7-10,12H2,1-3H3,(H2,21,22,23). The zero-order chi connectivity index (χ0) is 20.0. The Morgan fingerprint density at radius 1 is 1.30 bits per heavy atom. The minimum absolute atomic E-state index is 0.245. The zero-order valence-corrected chi connectivity index (χ0v) is 16.8. The maximum atomic E-state index is 13.4. The quantitative estimate of drug-likeness (QED) is 0.565. The number of halogens is 2. The molecule has 0 saturated carbocycles. The summed E-state index contributed by atoms with van der Waals surface area (Å²) in [6.07, 6.45) is 2.78. The van der Waals surface area contributed by atoms with Crippen LogP contribution in [-0.2, 0) is 10.0 Å². The Bertz CT molecular complexity index is 763. The zero-order valence-electron chi connectivity index (χ0n) is 16.0. The second kappa shape index (κ2) is 9.45. The van der Waals surface area contributed by atoms with Crippen molar-refractivity contribution in [3.05, 3.63) is 35.4 Å². The fourth-order valence-corrected chi connectivity index (χ4v) is 3.91. The van der Waals surface area contributed by atoms with Crippen LogP contribution in [0.5, 0.6) is 0 Å². The number of piperidine rings is 1.